The highest BCUT2D eigenvalue weighted by atomic mass is 19.1. The average Bonchev–Trinajstić information content (AvgIpc) is 2.40. The molecule has 18 heavy (non-hydrogen) atoms. The zero-order valence-electron chi connectivity index (χ0n) is 10.4. The second-order valence-corrected chi connectivity index (χ2v) is 4.49. The average molecular weight is 251 g/mol. The summed E-state index contributed by atoms with van der Waals surface area (Å²) in [6.45, 7) is 4.21. The van der Waals surface area contributed by atoms with E-state index in [2.05, 4.69) is 16.0 Å². The Morgan fingerprint density at radius 1 is 1.39 bits per heavy atom. The summed E-state index contributed by atoms with van der Waals surface area (Å²) >= 11 is 0. The van der Waals surface area contributed by atoms with Crippen LogP contribution in [0.1, 0.15) is 18.5 Å². The molecule has 0 saturated carbocycles. The molecule has 1 aromatic rings. The summed E-state index contributed by atoms with van der Waals surface area (Å²) < 4.78 is 12.8. The third-order valence-electron chi connectivity index (χ3n) is 3.09. The molecule has 0 bridgehead atoms. The van der Waals surface area contributed by atoms with E-state index >= 15 is 0 Å². The first kappa shape index (κ1) is 13.0. The minimum atomic E-state index is -0.268. The molecule has 1 aromatic carbocycles. The maximum atomic E-state index is 12.8. The van der Waals surface area contributed by atoms with Crippen LogP contribution in [0.2, 0.25) is 0 Å². The number of benzene rings is 1. The molecule has 2 unspecified atom stereocenters. The van der Waals surface area contributed by atoms with Gasteiger partial charge in [0.15, 0.2) is 0 Å². The fourth-order valence-electron chi connectivity index (χ4n) is 1.99. The van der Waals surface area contributed by atoms with Crippen LogP contribution in [0.25, 0.3) is 0 Å². The van der Waals surface area contributed by atoms with Gasteiger partial charge in [0, 0.05) is 19.6 Å². The van der Waals surface area contributed by atoms with Crippen molar-refractivity contribution in [3.05, 3.63) is 35.6 Å². The molecule has 0 aliphatic carbocycles. The zero-order valence-corrected chi connectivity index (χ0v) is 10.4. The number of halogens is 1. The van der Waals surface area contributed by atoms with Gasteiger partial charge in [-0.2, -0.15) is 0 Å². The molecule has 0 radical (unpaired) electrons. The minimum absolute atomic E-state index is 0.0287. The van der Waals surface area contributed by atoms with Crippen LogP contribution in [-0.4, -0.2) is 31.6 Å². The van der Waals surface area contributed by atoms with Gasteiger partial charge in [0.25, 0.3) is 0 Å². The van der Waals surface area contributed by atoms with Crippen molar-refractivity contribution < 1.29 is 9.18 Å². The Labute approximate surface area is 106 Å². The van der Waals surface area contributed by atoms with Gasteiger partial charge in [0.2, 0.25) is 5.91 Å². The molecule has 2 rings (SSSR count). The van der Waals surface area contributed by atoms with E-state index in [1.807, 2.05) is 6.92 Å². The summed E-state index contributed by atoms with van der Waals surface area (Å²) in [6, 6.07) is 5.86. The quantitative estimate of drug-likeness (QED) is 0.736. The van der Waals surface area contributed by atoms with Crippen molar-refractivity contribution in [2.24, 2.45) is 0 Å². The molecule has 1 amide bonds. The van der Waals surface area contributed by atoms with Crippen LogP contribution >= 0.6 is 0 Å². The number of carbonyl (C=O) groups excluding carboxylic acids is 1. The number of hydrogen-bond acceptors (Lipinski definition) is 3. The lowest BCUT2D eigenvalue weighted by Gasteiger charge is -2.25. The lowest BCUT2D eigenvalue weighted by molar-refractivity contribution is -0.124. The first-order chi connectivity index (χ1) is 8.66. The van der Waals surface area contributed by atoms with Gasteiger partial charge in [-0.05, 0) is 24.6 Å². The zero-order chi connectivity index (χ0) is 13.0. The molecule has 3 N–H and O–H groups in total. The largest absolute Gasteiger partial charge is 0.348 e. The lowest BCUT2D eigenvalue weighted by atomic mass is 10.1. The first-order valence-electron chi connectivity index (χ1n) is 6.17. The predicted molar refractivity (Wildman–Crippen MR) is 67.6 cm³/mol. The number of hydrogen-bond donors (Lipinski definition) is 3. The van der Waals surface area contributed by atoms with E-state index in [4.69, 9.17) is 0 Å². The molecular formula is C13H18FN3O. The molecule has 98 valence electrons. The number of amides is 1. The summed E-state index contributed by atoms with van der Waals surface area (Å²) in [4.78, 5) is 12.0. The number of carbonyl (C=O) groups is 1. The molecule has 1 saturated heterocycles. The highest BCUT2D eigenvalue weighted by Crippen LogP contribution is 2.12. The van der Waals surface area contributed by atoms with Crippen molar-refractivity contribution in [3.8, 4) is 0 Å². The second-order valence-electron chi connectivity index (χ2n) is 4.49. The van der Waals surface area contributed by atoms with Gasteiger partial charge in [0.05, 0.1) is 12.1 Å². The molecular weight excluding hydrogens is 233 g/mol. The molecule has 1 fully saturated rings. The van der Waals surface area contributed by atoms with Gasteiger partial charge in [-0.1, -0.05) is 12.1 Å². The van der Waals surface area contributed by atoms with E-state index in [1.165, 1.54) is 12.1 Å². The summed E-state index contributed by atoms with van der Waals surface area (Å²) in [7, 11) is 0. The van der Waals surface area contributed by atoms with E-state index in [9.17, 15) is 9.18 Å². The predicted octanol–water partition coefficient (Wildman–Crippen LogP) is 0.564. The van der Waals surface area contributed by atoms with Gasteiger partial charge in [-0.15, -0.1) is 0 Å². The Balaban J connectivity index is 1.91. The van der Waals surface area contributed by atoms with E-state index in [0.717, 1.165) is 18.7 Å². The van der Waals surface area contributed by atoms with Crippen LogP contribution in [0.4, 0.5) is 4.39 Å². The molecule has 1 heterocycles. The molecule has 0 aromatic heterocycles. The SMILES string of the molecule is CC(NC(=O)C1CNCCN1)c1ccc(F)cc1. The molecule has 5 heteroatoms. The topological polar surface area (TPSA) is 53.2 Å². The summed E-state index contributed by atoms with van der Waals surface area (Å²) in [5, 5.41) is 9.24. The second kappa shape index (κ2) is 5.93. The van der Waals surface area contributed by atoms with E-state index in [-0.39, 0.29) is 23.8 Å². The fraction of sp³-hybridized carbons (Fsp3) is 0.462. The highest BCUT2D eigenvalue weighted by Gasteiger charge is 2.21. The first-order valence-corrected chi connectivity index (χ1v) is 6.17. The maximum absolute atomic E-state index is 12.8. The molecule has 1 aliphatic rings. The highest BCUT2D eigenvalue weighted by molar-refractivity contribution is 5.82. The van der Waals surface area contributed by atoms with Crippen molar-refractivity contribution in [2.75, 3.05) is 19.6 Å². The van der Waals surface area contributed by atoms with Gasteiger partial charge in [0.1, 0.15) is 5.82 Å². The third kappa shape index (κ3) is 3.27. The summed E-state index contributed by atoms with van der Waals surface area (Å²) in [6.07, 6.45) is 0. The van der Waals surface area contributed by atoms with Gasteiger partial charge < -0.3 is 16.0 Å². The van der Waals surface area contributed by atoms with Gasteiger partial charge >= 0.3 is 0 Å². The van der Waals surface area contributed by atoms with Crippen molar-refractivity contribution in [3.63, 3.8) is 0 Å². The van der Waals surface area contributed by atoms with Gasteiger partial charge in [-0.25, -0.2) is 4.39 Å². The van der Waals surface area contributed by atoms with Crippen molar-refractivity contribution in [2.45, 2.75) is 19.0 Å². The fourth-order valence-corrected chi connectivity index (χ4v) is 1.99. The number of rotatable bonds is 3. The summed E-state index contributed by atoms with van der Waals surface area (Å²) in [5.74, 6) is -0.297. The minimum Gasteiger partial charge on any atom is -0.348 e. The van der Waals surface area contributed by atoms with Crippen LogP contribution in [0, 0.1) is 5.82 Å². The Kier molecular flexibility index (Phi) is 4.28. The Hall–Kier alpha value is -1.46. The third-order valence-corrected chi connectivity index (χ3v) is 3.09. The molecule has 2 atom stereocenters. The van der Waals surface area contributed by atoms with Crippen LogP contribution < -0.4 is 16.0 Å². The van der Waals surface area contributed by atoms with Crippen LogP contribution in [0.5, 0.6) is 0 Å². The van der Waals surface area contributed by atoms with Crippen LogP contribution in [0.15, 0.2) is 24.3 Å². The Morgan fingerprint density at radius 3 is 2.72 bits per heavy atom. The van der Waals surface area contributed by atoms with Crippen LogP contribution in [0.3, 0.4) is 0 Å². The van der Waals surface area contributed by atoms with Crippen molar-refractivity contribution >= 4 is 5.91 Å². The van der Waals surface area contributed by atoms with Crippen molar-refractivity contribution in [1.82, 2.24) is 16.0 Å². The molecule has 0 spiro atoms. The smallest absolute Gasteiger partial charge is 0.238 e. The molecule has 1 aliphatic heterocycles. The Bertz CT molecular complexity index is 401. The number of piperazine rings is 1. The normalized spacial score (nSPS) is 21.3. The standard InChI is InChI=1S/C13H18FN3O/c1-9(10-2-4-11(14)5-3-10)17-13(18)12-8-15-6-7-16-12/h2-5,9,12,15-16H,6-8H2,1H3,(H,17,18). The van der Waals surface area contributed by atoms with E-state index in [1.54, 1.807) is 12.1 Å². The van der Waals surface area contributed by atoms with E-state index in [0.29, 0.717) is 6.54 Å². The Morgan fingerprint density at radius 2 is 2.11 bits per heavy atom. The maximum Gasteiger partial charge on any atom is 0.238 e. The monoisotopic (exact) mass is 251 g/mol. The number of nitrogens with one attached hydrogen (secondary N) is 3. The van der Waals surface area contributed by atoms with E-state index < -0.39 is 0 Å². The summed E-state index contributed by atoms with van der Waals surface area (Å²) in [5.41, 5.74) is 0.897. The van der Waals surface area contributed by atoms with Crippen molar-refractivity contribution in [1.29, 1.82) is 0 Å². The van der Waals surface area contributed by atoms with Crippen LogP contribution in [-0.2, 0) is 4.79 Å². The van der Waals surface area contributed by atoms with Gasteiger partial charge in [-0.3, -0.25) is 4.79 Å². The molecule has 4 nitrogen and oxygen atoms in total. The lowest BCUT2D eigenvalue weighted by Crippen LogP contribution is -2.55.